The molecule has 0 spiro atoms. The minimum absolute atomic E-state index is 0.130. The molecule has 1 nitrogen and oxygen atoms in total. The molecule has 23 heavy (non-hydrogen) atoms. The molecule has 1 aliphatic heterocycles. The Morgan fingerprint density at radius 2 is 1.83 bits per heavy atom. The lowest BCUT2D eigenvalue weighted by Crippen LogP contribution is -2.45. The average molecular weight is 332 g/mol. The summed E-state index contributed by atoms with van der Waals surface area (Å²) in [5, 5.41) is 0. The molecule has 0 radical (unpaired) electrons. The van der Waals surface area contributed by atoms with E-state index in [2.05, 4.69) is 51.1 Å². The predicted octanol–water partition coefficient (Wildman–Crippen LogP) is 6.27. The molecule has 1 saturated heterocycles. The third kappa shape index (κ3) is 3.99. The van der Waals surface area contributed by atoms with E-state index in [1.54, 1.807) is 0 Å². The van der Waals surface area contributed by atoms with Gasteiger partial charge in [0.25, 0.3) is 0 Å². The van der Waals surface area contributed by atoms with Crippen LogP contribution in [0, 0.1) is 17.3 Å². The Balaban J connectivity index is 1.80. The summed E-state index contributed by atoms with van der Waals surface area (Å²) in [4.78, 5) is 0. The first-order valence-corrected chi connectivity index (χ1v) is 11.2. The Kier molecular flexibility index (Phi) is 5.81. The molecule has 0 aromatic heterocycles. The van der Waals surface area contributed by atoms with Gasteiger partial charge >= 0.3 is 0 Å². The Hall–Kier alpha value is -0.390. The highest BCUT2D eigenvalue weighted by molar-refractivity contribution is 7.52. The van der Waals surface area contributed by atoms with Crippen molar-refractivity contribution in [1.29, 1.82) is 0 Å². The molecule has 0 bridgehead atoms. The quantitative estimate of drug-likeness (QED) is 0.578. The van der Waals surface area contributed by atoms with Crippen molar-refractivity contribution in [2.75, 3.05) is 12.3 Å². The summed E-state index contributed by atoms with van der Waals surface area (Å²) in [6, 6.07) is 11.1. The van der Waals surface area contributed by atoms with Crippen LogP contribution in [0.4, 0.5) is 0 Å². The molecule has 1 aromatic rings. The summed E-state index contributed by atoms with van der Waals surface area (Å²) < 4.78 is 6.75. The van der Waals surface area contributed by atoms with Crippen LogP contribution >= 0.6 is 8.15 Å². The first kappa shape index (κ1) is 17.4. The van der Waals surface area contributed by atoms with Crippen molar-refractivity contribution in [1.82, 2.24) is 0 Å². The summed E-state index contributed by atoms with van der Waals surface area (Å²) in [7, 11) is -0.130. The molecule has 128 valence electrons. The lowest BCUT2D eigenvalue weighted by Gasteiger charge is -2.49. The van der Waals surface area contributed by atoms with Gasteiger partial charge in [0.05, 0.1) is 6.10 Å². The lowest BCUT2D eigenvalue weighted by molar-refractivity contribution is -0.0254. The number of rotatable bonds is 5. The minimum atomic E-state index is -0.130. The highest BCUT2D eigenvalue weighted by Gasteiger charge is 2.45. The minimum Gasteiger partial charge on any atom is -0.356 e. The van der Waals surface area contributed by atoms with Crippen LogP contribution in [0.1, 0.15) is 58.4 Å². The topological polar surface area (TPSA) is 9.23 Å². The van der Waals surface area contributed by atoms with Crippen molar-refractivity contribution in [3.8, 4) is 0 Å². The summed E-state index contributed by atoms with van der Waals surface area (Å²) in [6.07, 6.45) is 11.1. The van der Waals surface area contributed by atoms with Gasteiger partial charge in [0, 0.05) is 8.15 Å². The van der Waals surface area contributed by atoms with E-state index < -0.39 is 0 Å². The number of benzene rings is 1. The van der Waals surface area contributed by atoms with E-state index in [-0.39, 0.29) is 8.15 Å². The first-order chi connectivity index (χ1) is 11.1. The molecule has 3 atom stereocenters. The third-order valence-electron chi connectivity index (χ3n) is 6.47. The van der Waals surface area contributed by atoms with Crippen LogP contribution in [0.15, 0.2) is 30.3 Å². The van der Waals surface area contributed by atoms with Gasteiger partial charge in [-0.25, -0.2) is 0 Å². The molecular formula is C21H33OP. The Morgan fingerprint density at radius 1 is 1.13 bits per heavy atom. The summed E-state index contributed by atoms with van der Waals surface area (Å²) >= 11 is 0. The molecular weight excluding hydrogens is 299 g/mol. The number of hydrogen-bond donors (Lipinski definition) is 0. The van der Waals surface area contributed by atoms with E-state index in [0.717, 1.165) is 5.92 Å². The summed E-state index contributed by atoms with van der Waals surface area (Å²) in [5.74, 6) is 1.39. The van der Waals surface area contributed by atoms with Crippen LogP contribution in [0.5, 0.6) is 0 Å². The second kappa shape index (κ2) is 7.66. The van der Waals surface area contributed by atoms with Crippen LogP contribution in [0.3, 0.4) is 0 Å². The maximum Gasteiger partial charge on any atom is 0.0654 e. The van der Waals surface area contributed by atoms with Crippen LogP contribution in [0.2, 0.25) is 0 Å². The molecule has 1 heterocycles. The SMILES string of the molecule is CC(C)C1(C)CCCC(OP2CCCC2)[C@@H]1Cc1ccccc1. The Morgan fingerprint density at radius 3 is 2.48 bits per heavy atom. The first-order valence-electron chi connectivity index (χ1n) is 9.55. The van der Waals surface area contributed by atoms with Gasteiger partial charge in [0.2, 0.25) is 0 Å². The zero-order valence-corrected chi connectivity index (χ0v) is 16.0. The molecule has 0 amide bonds. The lowest BCUT2D eigenvalue weighted by atomic mass is 9.59. The standard InChI is InChI=1S/C21H33OP/c1-17(2)21(3)13-9-12-20(22-23-14-7-8-15-23)19(21)16-18-10-5-4-6-11-18/h4-6,10-11,17,19-20H,7-9,12-16H2,1-3H3/t19-,20?,21?/m0/s1. The maximum atomic E-state index is 6.75. The fraction of sp³-hybridized carbons (Fsp3) is 0.714. The molecule has 3 rings (SSSR count). The fourth-order valence-corrected chi connectivity index (χ4v) is 6.78. The van der Waals surface area contributed by atoms with Gasteiger partial charge in [-0.05, 0) is 67.2 Å². The van der Waals surface area contributed by atoms with Gasteiger partial charge in [-0.3, -0.25) is 0 Å². The summed E-state index contributed by atoms with van der Waals surface area (Å²) in [6.45, 7) is 7.37. The van der Waals surface area contributed by atoms with E-state index in [1.165, 1.54) is 56.4 Å². The van der Waals surface area contributed by atoms with Gasteiger partial charge in [-0.15, -0.1) is 0 Å². The van der Waals surface area contributed by atoms with Crippen molar-refractivity contribution in [2.45, 2.75) is 65.4 Å². The van der Waals surface area contributed by atoms with Gasteiger partial charge < -0.3 is 4.52 Å². The van der Waals surface area contributed by atoms with Crippen LogP contribution in [-0.4, -0.2) is 18.4 Å². The molecule has 0 N–H and O–H groups in total. The third-order valence-corrected chi connectivity index (χ3v) is 8.67. The maximum absolute atomic E-state index is 6.75. The zero-order chi connectivity index (χ0) is 16.3. The van der Waals surface area contributed by atoms with Crippen LogP contribution in [-0.2, 0) is 10.9 Å². The zero-order valence-electron chi connectivity index (χ0n) is 15.1. The molecule has 2 heteroatoms. The van der Waals surface area contributed by atoms with Gasteiger partial charge in [0.15, 0.2) is 0 Å². The molecule has 2 unspecified atom stereocenters. The smallest absolute Gasteiger partial charge is 0.0654 e. The van der Waals surface area contributed by atoms with Crippen molar-refractivity contribution >= 4 is 8.15 Å². The highest BCUT2D eigenvalue weighted by atomic mass is 31.1. The fourth-order valence-electron chi connectivity index (χ4n) is 4.56. The molecule has 2 aliphatic rings. The van der Waals surface area contributed by atoms with E-state index in [1.807, 2.05) is 0 Å². The van der Waals surface area contributed by atoms with Crippen molar-refractivity contribution in [2.24, 2.45) is 17.3 Å². The van der Waals surface area contributed by atoms with Crippen molar-refractivity contribution < 1.29 is 4.52 Å². The normalized spacial score (nSPS) is 32.5. The van der Waals surface area contributed by atoms with E-state index in [0.29, 0.717) is 17.4 Å². The second-order valence-corrected chi connectivity index (χ2v) is 10.2. The Bertz CT molecular complexity index is 480. The van der Waals surface area contributed by atoms with E-state index >= 15 is 0 Å². The molecule has 1 aromatic carbocycles. The molecule has 1 saturated carbocycles. The largest absolute Gasteiger partial charge is 0.356 e. The van der Waals surface area contributed by atoms with Crippen LogP contribution < -0.4 is 0 Å². The number of hydrogen-bond acceptors (Lipinski definition) is 1. The van der Waals surface area contributed by atoms with Gasteiger partial charge in [-0.1, -0.05) is 57.5 Å². The molecule has 1 aliphatic carbocycles. The Labute approximate surface area is 144 Å². The highest BCUT2D eigenvalue weighted by Crippen LogP contribution is 2.54. The molecule has 2 fully saturated rings. The average Bonchev–Trinajstić information content (AvgIpc) is 3.05. The van der Waals surface area contributed by atoms with Gasteiger partial charge in [0.1, 0.15) is 0 Å². The second-order valence-electron chi connectivity index (χ2n) is 8.13. The van der Waals surface area contributed by atoms with Crippen LogP contribution in [0.25, 0.3) is 0 Å². The van der Waals surface area contributed by atoms with Crippen molar-refractivity contribution in [3.63, 3.8) is 0 Å². The van der Waals surface area contributed by atoms with E-state index in [9.17, 15) is 0 Å². The van der Waals surface area contributed by atoms with Crippen molar-refractivity contribution in [3.05, 3.63) is 35.9 Å². The summed E-state index contributed by atoms with van der Waals surface area (Å²) in [5.41, 5.74) is 1.90. The monoisotopic (exact) mass is 332 g/mol. The van der Waals surface area contributed by atoms with E-state index in [4.69, 9.17) is 4.52 Å². The van der Waals surface area contributed by atoms with Gasteiger partial charge in [-0.2, -0.15) is 0 Å². The predicted molar refractivity (Wildman–Crippen MR) is 101 cm³/mol.